The van der Waals surface area contributed by atoms with E-state index in [4.69, 9.17) is 0 Å². The summed E-state index contributed by atoms with van der Waals surface area (Å²) in [5.41, 5.74) is 1.33. The Hall–Kier alpha value is -0.600. The lowest BCUT2D eigenvalue weighted by atomic mass is 10.0. The molecule has 1 aromatic rings. The van der Waals surface area contributed by atoms with Gasteiger partial charge in [0.25, 0.3) is 0 Å². The van der Waals surface area contributed by atoms with Crippen LogP contribution in [0.25, 0.3) is 0 Å². The van der Waals surface area contributed by atoms with Gasteiger partial charge in [0, 0.05) is 16.6 Å². The topological polar surface area (TPSA) is 12.0 Å². The lowest BCUT2D eigenvalue weighted by Crippen LogP contribution is -2.31. The lowest BCUT2D eigenvalue weighted by Gasteiger charge is -2.23. The summed E-state index contributed by atoms with van der Waals surface area (Å²) >= 11 is 3.60. The SMILES string of the molecule is CC(NC1C=CCCC1)c1ccccc1Br. The first-order valence-corrected chi connectivity index (χ1v) is 6.74. The maximum absolute atomic E-state index is 3.66. The van der Waals surface area contributed by atoms with Crippen molar-refractivity contribution in [1.82, 2.24) is 5.32 Å². The molecule has 86 valence electrons. The van der Waals surface area contributed by atoms with E-state index in [0.29, 0.717) is 12.1 Å². The quantitative estimate of drug-likeness (QED) is 0.818. The number of nitrogens with one attached hydrogen (secondary N) is 1. The monoisotopic (exact) mass is 279 g/mol. The highest BCUT2D eigenvalue weighted by Gasteiger charge is 2.14. The van der Waals surface area contributed by atoms with Gasteiger partial charge in [-0.2, -0.15) is 0 Å². The van der Waals surface area contributed by atoms with Crippen molar-refractivity contribution >= 4 is 15.9 Å². The van der Waals surface area contributed by atoms with Gasteiger partial charge in [-0.05, 0) is 37.8 Å². The zero-order valence-corrected chi connectivity index (χ0v) is 11.2. The second kappa shape index (κ2) is 5.65. The van der Waals surface area contributed by atoms with E-state index in [9.17, 15) is 0 Å². The van der Waals surface area contributed by atoms with Crippen LogP contribution in [0.4, 0.5) is 0 Å². The summed E-state index contributed by atoms with van der Waals surface area (Å²) in [6.45, 7) is 2.22. The zero-order chi connectivity index (χ0) is 11.4. The van der Waals surface area contributed by atoms with Crippen molar-refractivity contribution in [3.63, 3.8) is 0 Å². The first-order valence-electron chi connectivity index (χ1n) is 5.94. The largest absolute Gasteiger partial charge is 0.304 e. The Labute approximate surface area is 106 Å². The summed E-state index contributed by atoms with van der Waals surface area (Å²) in [6, 6.07) is 9.35. The van der Waals surface area contributed by atoms with Crippen molar-refractivity contribution in [3.05, 3.63) is 46.5 Å². The molecule has 0 aliphatic heterocycles. The molecule has 0 saturated carbocycles. The van der Waals surface area contributed by atoms with Gasteiger partial charge in [0.1, 0.15) is 0 Å². The number of halogens is 1. The highest BCUT2D eigenvalue weighted by atomic mass is 79.9. The first kappa shape index (κ1) is 11.9. The van der Waals surface area contributed by atoms with Crippen molar-refractivity contribution < 1.29 is 0 Å². The molecule has 2 unspecified atom stereocenters. The van der Waals surface area contributed by atoms with E-state index in [1.54, 1.807) is 0 Å². The smallest absolute Gasteiger partial charge is 0.0308 e. The van der Waals surface area contributed by atoms with E-state index in [1.165, 1.54) is 29.3 Å². The van der Waals surface area contributed by atoms with E-state index in [0.717, 1.165) is 0 Å². The molecular weight excluding hydrogens is 262 g/mol. The van der Waals surface area contributed by atoms with Crippen LogP contribution in [0, 0.1) is 0 Å². The van der Waals surface area contributed by atoms with Crippen LogP contribution in [0.2, 0.25) is 0 Å². The molecule has 2 rings (SSSR count). The Kier molecular flexibility index (Phi) is 4.19. The maximum atomic E-state index is 3.66. The molecular formula is C14H18BrN. The molecule has 2 heteroatoms. The minimum absolute atomic E-state index is 0.392. The molecule has 0 saturated heterocycles. The van der Waals surface area contributed by atoms with E-state index in [-0.39, 0.29) is 0 Å². The second-order valence-electron chi connectivity index (χ2n) is 4.38. The Morgan fingerprint density at radius 1 is 1.38 bits per heavy atom. The van der Waals surface area contributed by atoms with Crippen molar-refractivity contribution in [1.29, 1.82) is 0 Å². The summed E-state index contributed by atoms with van der Waals surface area (Å²) in [7, 11) is 0. The minimum atomic E-state index is 0.392. The maximum Gasteiger partial charge on any atom is 0.0308 e. The van der Waals surface area contributed by atoms with Gasteiger partial charge >= 0.3 is 0 Å². The molecule has 0 amide bonds. The molecule has 16 heavy (non-hydrogen) atoms. The molecule has 0 aromatic heterocycles. The molecule has 0 spiro atoms. The molecule has 1 aliphatic rings. The average molecular weight is 280 g/mol. The van der Waals surface area contributed by atoms with Crippen LogP contribution >= 0.6 is 15.9 Å². The zero-order valence-electron chi connectivity index (χ0n) is 9.62. The fraction of sp³-hybridized carbons (Fsp3) is 0.429. The minimum Gasteiger partial charge on any atom is -0.304 e. The Bertz CT molecular complexity index is 373. The Morgan fingerprint density at radius 2 is 2.19 bits per heavy atom. The van der Waals surface area contributed by atoms with Crippen molar-refractivity contribution in [2.24, 2.45) is 0 Å². The lowest BCUT2D eigenvalue weighted by molar-refractivity contribution is 0.467. The van der Waals surface area contributed by atoms with E-state index >= 15 is 0 Å². The van der Waals surface area contributed by atoms with Crippen LogP contribution < -0.4 is 5.32 Å². The molecule has 0 bridgehead atoms. The number of allylic oxidation sites excluding steroid dienone is 1. The summed E-state index contributed by atoms with van der Waals surface area (Å²) in [4.78, 5) is 0. The van der Waals surface area contributed by atoms with Gasteiger partial charge < -0.3 is 5.32 Å². The summed E-state index contributed by atoms with van der Waals surface area (Å²) in [5, 5.41) is 3.66. The fourth-order valence-electron chi connectivity index (χ4n) is 2.19. The third kappa shape index (κ3) is 2.96. The second-order valence-corrected chi connectivity index (χ2v) is 5.23. The van der Waals surface area contributed by atoms with Crippen molar-refractivity contribution in [2.45, 2.75) is 38.3 Å². The van der Waals surface area contributed by atoms with Gasteiger partial charge in [0.15, 0.2) is 0 Å². The normalized spacial score (nSPS) is 22.0. The summed E-state index contributed by atoms with van der Waals surface area (Å²) in [6.07, 6.45) is 8.38. The van der Waals surface area contributed by atoms with E-state index < -0.39 is 0 Å². The third-order valence-electron chi connectivity index (χ3n) is 3.09. The van der Waals surface area contributed by atoms with Crippen LogP contribution in [-0.4, -0.2) is 6.04 Å². The average Bonchev–Trinajstić information content (AvgIpc) is 2.31. The number of hydrogen-bond acceptors (Lipinski definition) is 1. The molecule has 1 N–H and O–H groups in total. The first-order chi connectivity index (χ1) is 7.77. The molecule has 0 radical (unpaired) electrons. The van der Waals surface area contributed by atoms with Crippen LogP contribution in [0.1, 0.15) is 37.8 Å². The molecule has 2 atom stereocenters. The van der Waals surface area contributed by atoms with E-state index in [2.05, 4.69) is 64.6 Å². The molecule has 1 aromatic carbocycles. The Balaban J connectivity index is 2.02. The van der Waals surface area contributed by atoms with Crippen LogP contribution in [0.3, 0.4) is 0 Å². The van der Waals surface area contributed by atoms with Gasteiger partial charge in [-0.25, -0.2) is 0 Å². The number of rotatable bonds is 3. The number of hydrogen-bond donors (Lipinski definition) is 1. The van der Waals surface area contributed by atoms with Gasteiger partial charge in [-0.3, -0.25) is 0 Å². The van der Waals surface area contributed by atoms with Gasteiger partial charge in [-0.15, -0.1) is 0 Å². The van der Waals surface area contributed by atoms with Crippen molar-refractivity contribution in [3.8, 4) is 0 Å². The number of benzene rings is 1. The molecule has 1 aliphatic carbocycles. The molecule has 0 heterocycles. The highest BCUT2D eigenvalue weighted by Crippen LogP contribution is 2.24. The van der Waals surface area contributed by atoms with Gasteiger partial charge in [0.2, 0.25) is 0 Å². The van der Waals surface area contributed by atoms with Crippen LogP contribution in [-0.2, 0) is 0 Å². The standard InChI is InChI=1S/C14H18BrN/c1-11(13-9-5-6-10-14(13)15)16-12-7-3-2-4-8-12/h3,5-7,9-12,16H,2,4,8H2,1H3. The van der Waals surface area contributed by atoms with Crippen LogP contribution in [0.15, 0.2) is 40.9 Å². The third-order valence-corrected chi connectivity index (χ3v) is 3.81. The predicted octanol–water partition coefficient (Wildman–Crippen LogP) is 4.21. The van der Waals surface area contributed by atoms with Crippen LogP contribution in [0.5, 0.6) is 0 Å². The highest BCUT2D eigenvalue weighted by molar-refractivity contribution is 9.10. The fourth-order valence-corrected chi connectivity index (χ4v) is 2.82. The molecule has 1 nitrogen and oxygen atoms in total. The predicted molar refractivity (Wildman–Crippen MR) is 72.5 cm³/mol. The summed E-state index contributed by atoms with van der Waals surface area (Å²) in [5.74, 6) is 0. The molecule has 0 fully saturated rings. The van der Waals surface area contributed by atoms with E-state index in [1.807, 2.05) is 0 Å². The van der Waals surface area contributed by atoms with Gasteiger partial charge in [0.05, 0.1) is 0 Å². The summed E-state index contributed by atoms with van der Waals surface area (Å²) < 4.78 is 1.19. The Morgan fingerprint density at radius 3 is 2.88 bits per heavy atom. The van der Waals surface area contributed by atoms with Gasteiger partial charge in [-0.1, -0.05) is 46.3 Å². The van der Waals surface area contributed by atoms with Crippen molar-refractivity contribution in [2.75, 3.05) is 0 Å².